The van der Waals surface area contributed by atoms with Crippen LogP contribution in [0.5, 0.6) is 5.75 Å². The molecule has 2 aliphatic heterocycles. The minimum atomic E-state index is -0.780. The molecular formula is C23H33N3O5. The fourth-order valence-electron chi connectivity index (χ4n) is 4.52. The maximum atomic E-state index is 12.7. The molecule has 2 fully saturated rings. The Morgan fingerprint density at radius 2 is 1.71 bits per heavy atom. The first kappa shape index (κ1) is 23.1. The summed E-state index contributed by atoms with van der Waals surface area (Å²) >= 11 is 0. The number of ether oxygens (including phenoxy) is 1. The van der Waals surface area contributed by atoms with Gasteiger partial charge in [-0.05, 0) is 43.4 Å². The third-order valence-electron chi connectivity index (χ3n) is 6.42. The molecule has 0 aromatic heterocycles. The smallest absolute Gasteiger partial charge is 0.303 e. The van der Waals surface area contributed by atoms with Crippen molar-refractivity contribution in [3.8, 4) is 5.75 Å². The van der Waals surface area contributed by atoms with Crippen molar-refractivity contribution in [3.63, 3.8) is 0 Å². The average molecular weight is 432 g/mol. The van der Waals surface area contributed by atoms with E-state index in [1.54, 1.807) is 6.92 Å². The van der Waals surface area contributed by atoms with Gasteiger partial charge in [-0.3, -0.25) is 19.3 Å². The van der Waals surface area contributed by atoms with Crippen LogP contribution in [0.15, 0.2) is 30.3 Å². The second-order valence-corrected chi connectivity index (χ2v) is 8.48. The lowest BCUT2D eigenvalue weighted by Crippen LogP contribution is -2.50. The highest BCUT2D eigenvalue weighted by Gasteiger charge is 2.33. The highest BCUT2D eigenvalue weighted by atomic mass is 16.5. The molecule has 0 aliphatic carbocycles. The van der Waals surface area contributed by atoms with Crippen molar-refractivity contribution in [2.45, 2.75) is 26.2 Å². The van der Waals surface area contributed by atoms with E-state index in [9.17, 15) is 19.5 Å². The molecule has 2 saturated heterocycles. The van der Waals surface area contributed by atoms with E-state index in [4.69, 9.17) is 4.74 Å². The molecule has 3 rings (SSSR count). The summed E-state index contributed by atoms with van der Waals surface area (Å²) in [5, 5.41) is 9.32. The standard InChI is InChI=1S/C23H33N3O5/c1-18(27)25-13-11-24(12-14-25)9-7-20-16-26(10-8-19(20)15-23(29)30)22(28)17-31-21-5-3-2-4-6-21/h2-6,19-20H,7-17H2,1H3,(H,29,30)/t19-,20+/m0/s1. The number of hydrogen-bond donors (Lipinski definition) is 1. The Balaban J connectivity index is 1.51. The molecule has 2 atom stereocenters. The summed E-state index contributed by atoms with van der Waals surface area (Å²) in [5.41, 5.74) is 0. The third-order valence-corrected chi connectivity index (χ3v) is 6.42. The molecule has 2 aliphatic rings. The maximum Gasteiger partial charge on any atom is 0.303 e. The minimum Gasteiger partial charge on any atom is -0.484 e. The Bertz CT molecular complexity index is 749. The number of para-hydroxylation sites is 1. The molecule has 8 heteroatoms. The normalized spacial score (nSPS) is 22.2. The zero-order valence-electron chi connectivity index (χ0n) is 18.2. The lowest BCUT2D eigenvalue weighted by Gasteiger charge is -2.40. The predicted octanol–water partition coefficient (Wildman–Crippen LogP) is 1.56. The molecule has 1 aromatic rings. The van der Waals surface area contributed by atoms with E-state index >= 15 is 0 Å². The zero-order chi connectivity index (χ0) is 22.2. The van der Waals surface area contributed by atoms with Gasteiger partial charge in [0.1, 0.15) is 5.75 Å². The lowest BCUT2D eigenvalue weighted by molar-refractivity contribution is -0.140. The summed E-state index contributed by atoms with van der Waals surface area (Å²) in [6.07, 6.45) is 1.69. The highest BCUT2D eigenvalue weighted by Crippen LogP contribution is 2.30. The molecule has 2 heterocycles. The van der Waals surface area contributed by atoms with Crippen LogP contribution in [0, 0.1) is 11.8 Å². The van der Waals surface area contributed by atoms with Crippen molar-refractivity contribution in [3.05, 3.63) is 30.3 Å². The number of piperidine rings is 1. The number of carbonyl (C=O) groups excluding carboxylic acids is 2. The van der Waals surface area contributed by atoms with Crippen molar-refractivity contribution in [2.24, 2.45) is 11.8 Å². The van der Waals surface area contributed by atoms with E-state index in [1.807, 2.05) is 40.1 Å². The van der Waals surface area contributed by atoms with Gasteiger partial charge in [0.05, 0.1) is 0 Å². The van der Waals surface area contributed by atoms with E-state index in [0.29, 0.717) is 25.3 Å². The number of carboxylic acids is 1. The maximum absolute atomic E-state index is 12.7. The second-order valence-electron chi connectivity index (χ2n) is 8.48. The molecular weight excluding hydrogens is 398 g/mol. The Labute approximate surface area is 183 Å². The number of rotatable bonds is 8. The largest absolute Gasteiger partial charge is 0.484 e. The number of benzene rings is 1. The first-order valence-corrected chi connectivity index (χ1v) is 11.1. The van der Waals surface area contributed by atoms with Gasteiger partial charge in [-0.25, -0.2) is 0 Å². The van der Waals surface area contributed by atoms with Crippen LogP contribution in [0.2, 0.25) is 0 Å². The lowest BCUT2D eigenvalue weighted by atomic mass is 9.81. The molecule has 1 N–H and O–H groups in total. The van der Waals surface area contributed by atoms with Crippen molar-refractivity contribution in [1.29, 1.82) is 0 Å². The van der Waals surface area contributed by atoms with E-state index < -0.39 is 5.97 Å². The molecule has 0 spiro atoms. The minimum absolute atomic E-state index is 0.00661. The molecule has 0 saturated carbocycles. The molecule has 170 valence electrons. The SMILES string of the molecule is CC(=O)N1CCN(CC[C@@H]2CN(C(=O)COc3ccccc3)CC[C@H]2CC(=O)O)CC1. The molecule has 0 radical (unpaired) electrons. The molecule has 0 bridgehead atoms. The molecule has 2 amide bonds. The van der Waals surface area contributed by atoms with Gasteiger partial charge in [0.2, 0.25) is 5.91 Å². The van der Waals surface area contributed by atoms with Gasteiger partial charge < -0.3 is 19.6 Å². The van der Waals surface area contributed by atoms with Gasteiger partial charge in [-0.15, -0.1) is 0 Å². The van der Waals surface area contributed by atoms with Crippen molar-refractivity contribution < 1.29 is 24.2 Å². The molecule has 1 aromatic carbocycles. The predicted molar refractivity (Wildman–Crippen MR) is 116 cm³/mol. The van der Waals surface area contributed by atoms with Crippen LogP contribution >= 0.6 is 0 Å². The summed E-state index contributed by atoms with van der Waals surface area (Å²) in [6, 6.07) is 9.27. The summed E-state index contributed by atoms with van der Waals surface area (Å²) in [6.45, 7) is 6.74. The average Bonchev–Trinajstić information content (AvgIpc) is 2.77. The van der Waals surface area contributed by atoms with Crippen LogP contribution in [0.3, 0.4) is 0 Å². The number of nitrogens with zero attached hydrogens (tertiary/aromatic N) is 3. The Hall–Kier alpha value is -2.61. The van der Waals surface area contributed by atoms with Crippen molar-refractivity contribution >= 4 is 17.8 Å². The van der Waals surface area contributed by atoms with Crippen LogP contribution in [0.4, 0.5) is 0 Å². The Kier molecular flexibility index (Phi) is 8.28. The van der Waals surface area contributed by atoms with Crippen LogP contribution in [0.1, 0.15) is 26.2 Å². The fourth-order valence-corrected chi connectivity index (χ4v) is 4.52. The van der Waals surface area contributed by atoms with Gasteiger partial charge >= 0.3 is 5.97 Å². The number of carbonyl (C=O) groups is 3. The van der Waals surface area contributed by atoms with Gasteiger partial charge in [0.15, 0.2) is 6.61 Å². The second kappa shape index (κ2) is 11.1. The molecule has 31 heavy (non-hydrogen) atoms. The number of likely N-dealkylation sites (tertiary alicyclic amines) is 1. The summed E-state index contributed by atoms with van der Waals surface area (Å²) in [5.74, 6) is 0.166. The van der Waals surface area contributed by atoms with E-state index in [1.165, 1.54) is 0 Å². The van der Waals surface area contributed by atoms with Crippen LogP contribution in [-0.2, 0) is 14.4 Å². The summed E-state index contributed by atoms with van der Waals surface area (Å²) < 4.78 is 5.61. The van der Waals surface area contributed by atoms with Crippen molar-refractivity contribution in [1.82, 2.24) is 14.7 Å². The number of hydrogen-bond acceptors (Lipinski definition) is 5. The van der Waals surface area contributed by atoms with Crippen LogP contribution in [-0.4, -0.2) is 90.0 Å². The van der Waals surface area contributed by atoms with E-state index in [0.717, 1.165) is 39.1 Å². The number of aliphatic carboxylic acids is 1. The van der Waals surface area contributed by atoms with Crippen LogP contribution in [0.25, 0.3) is 0 Å². The van der Waals surface area contributed by atoms with Gasteiger partial charge in [-0.2, -0.15) is 0 Å². The number of carboxylic acid groups (broad SMARTS) is 1. The number of piperazine rings is 1. The quantitative estimate of drug-likeness (QED) is 0.672. The van der Waals surface area contributed by atoms with Gasteiger partial charge in [-0.1, -0.05) is 18.2 Å². The van der Waals surface area contributed by atoms with Gasteiger partial charge in [0, 0.05) is 52.6 Å². The van der Waals surface area contributed by atoms with Crippen molar-refractivity contribution in [2.75, 3.05) is 52.4 Å². The highest BCUT2D eigenvalue weighted by molar-refractivity contribution is 5.78. The van der Waals surface area contributed by atoms with Gasteiger partial charge in [0.25, 0.3) is 5.91 Å². The Morgan fingerprint density at radius 1 is 1.00 bits per heavy atom. The summed E-state index contributed by atoms with van der Waals surface area (Å²) in [4.78, 5) is 41.5. The zero-order valence-corrected chi connectivity index (χ0v) is 18.2. The first-order valence-electron chi connectivity index (χ1n) is 11.1. The first-order chi connectivity index (χ1) is 14.9. The van der Waals surface area contributed by atoms with E-state index in [-0.39, 0.29) is 36.7 Å². The topological polar surface area (TPSA) is 90.4 Å². The molecule has 8 nitrogen and oxygen atoms in total. The third kappa shape index (κ3) is 6.95. The molecule has 0 unspecified atom stereocenters. The monoisotopic (exact) mass is 431 g/mol. The fraction of sp³-hybridized carbons (Fsp3) is 0.609. The number of amides is 2. The van der Waals surface area contributed by atoms with Crippen LogP contribution < -0.4 is 4.74 Å². The van der Waals surface area contributed by atoms with E-state index in [2.05, 4.69) is 4.90 Å². The summed E-state index contributed by atoms with van der Waals surface area (Å²) in [7, 11) is 0. The Morgan fingerprint density at radius 3 is 2.35 bits per heavy atom.